The molecule has 0 unspecified atom stereocenters. The minimum absolute atomic E-state index is 0.320. The molecule has 0 aromatic rings. The molecule has 0 aliphatic carbocycles. The van der Waals surface area contributed by atoms with Crippen molar-refractivity contribution < 1.29 is 19.1 Å². The van der Waals surface area contributed by atoms with E-state index in [1.54, 1.807) is 6.92 Å². The highest BCUT2D eigenvalue weighted by Gasteiger charge is 1.94. The Bertz CT molecular complexity index is 192. The van der Waals surface area contributed by atoms with Crippen molar-refractivity contribution in [3.05, 3.63) is 12.7 Å². The Labute approximate surface area is 90.4 Å². The van der Waals surface area contributed by atoms with E-state index in [0.29, 0.717) is 13.2 Å². The van der Waals surface area contributed by atoms with E-state index < -0.39 is 5.97 Å². The first-order chi connectivity index (χ1) is 7.12. The molecule has 0 aliphatic heterocycles. The fourth-order valence-corrected chi connectivity index (χ4v) is 0.493. The van der Waals surface area contributed by atoms with Crippen LogP contribution < -0.4 is 5.32 Å². The lowest BCUT2D eigenvalue weighted by molar-refractivity contribution is -0.134. The predicted molar refractivity (Wildman–Crippen MR) is 57.5 cm³/mol. The molecular weight excluding hydrogens is 198 g/mol. The number of carbonyl (C=O) groups excluding carboxylic acids is 2. The molecule has 5 heteroatoms. The van der Waals surface area contributed by atoms with Crippen molar-refractivity contribution >= 4 is 12.1 Å². The third kappa shape index (κ3) is 15.3. The van der Waals surface area contributed by atoms with Gasteiger partial charge in [-0.25, -0.2) is 9.59 Å². The maximum absolute atomic E-state index is 10.5. The molecule has 0 aliphatic rings. The number of hydrogen-bond donors (Lipinski definition) is 1. The van der Waals surface area contributed by atoms with Gasteiger partial charge in [-0.3, -0.25) is 0 Å². The molecular formula is C10H19NO4. The molecule has 0 aromatic heterocycles. The van der Waals surface area contributed by atoms with Gasteiger partial charge >= 0.3 is 12.1 Å². The molecule has 88 valence electrons. The number of alkyl carbamates (subject to hydrolysis) is 1. The Hall–Kier alpha value is -1.52. The number of carbonyl (C=O) groups is 2. The second-order valence-electron chi connectivity index (χ2n) is 2.37. The van der Waals surface area contributed by atoms with Crippen LogP contribution in [0.4, 0.5) is 4.79 Å². The molecule has 0 bridgehead atoms. The maximum atomic E-state index is 10.5. The number of methoxy groups -OCH3 is 1. The summed E-state index contributed by atoms with van der Waals surface area (Å²) in [4.78, 5) is 20.3. The Morgan fingerprint density at radius 2 is 2.00 bits per heavy atom. The molecule has 0 atom stereocenters. The van der Waals surface area contributed by atoms with Crippen molar-refractivity contribution in [3.63, 3.8) is 0 Å². The fourth-order valence-electron chi connectivity index (χ4n) is 0.493. The zero-order chi connectivity index (χ0) is 12.1. The van der Waals surface area contributed by atoms with Gasteiger partial charge in [0.2, 0.25) is 0 Å². The summed E-state index contributed by atoms with van der Waals surface area (Å²) in [7, 11) is 1.31. The standard InChI is InChI=1S/C6H13NO2.C4H6O2/c1-3-5-7-6(8)9-4-2;1-3-4(5)6-2/h3-5H2,1-2H3,(H,7,8);3H,1H2,2H3. The van der Waals surface area contributed by atoms with Gasteiger partial charge < -0.3 is 14.8 Å². The molecule has 0 saturated heterocycles. The van der Waals surface area contributed by atoms with Crippen LogP contribution in [0.3, 0.4) is 0 Å². The number of ether oxygens (including phenoxy) is 2. The number of rotatable bonds is 4. The second kappa shape index (κ2) is 12.5. The zero-order valence-corrected chi connectivity index (χ0v) is 9.54. The first kappa shape index (κ1) is 15.9. The summed E-state index contributed by atoms with van der Waals surface area (Å²) >= 11 is 0. The monoisotopic (exact) mass is 217 g/mol. The number of hydrogen-bond acceptors (Lipinski definition) is 4. The lowest BCUT2D eigenvalue weighted by Crippen LogP contribution is -2.24. The van der Waals surface area contributed by atoms with Gasteiger partial charge in [0.1, 0.15) is 0 Å². The van der Waals surface area contributed by atoms with E-state index in [2.05, 4.69) is 21.4 Å². The van der Waals surface area contributed by atoms with Crippen molar-refractivity contribution in [1.82, 2.24) is 5.32 Å². The summed E-state index contributed by atoms with van der Waals surface area (Å²) in [6.45, 7) is 8.07. The minimum Gasteiger partial charge on any atom is -0.466 e. The molecule has 0 fully saturated rings. The van der Waals surface area contributed by atoms with Crippen LogP contribution in [0, 0.1) is 0 Å². The summed E-state index contributed by atoms with van der Waals surface area (Å²) < 4.78 is 8.74. The maximum Gasteiger partial charge on any atom is 0.407 e. The molecule has 15 heavy (non-hydrogen) atoms. The van der Waals surface area contributed by atoms with Gasteiger partial charge in [0, 0.05) is 12.6 Å². The van der Waals surface area contributed by atoms with E-state index in [1.807, 2.05) is 6.92 Å². The smallest absolute Gasteiger partial charge is 0.407 e. The van der Waals surface area contributed by atoms with Gasteiger partial charge in [0.05, 0.1) is 13.7 Å². The fraction of sp³-hybridized carbons (Fsp3) is 0.600. The molecule has 0 aromatic carbocycles. The molecule has 1 amide bonds. The van der Waals surface area contributed by atoms with Gasteiger partial charge in [-0.15, -0.1) is 0 Å². The average molecular weight is 217 g/mol. The molecule has 0 spiro atoms. The quantitative estimate of drug-likeness (QED) is 0.572. The van der Waals surface area contributed by atoms with Crippen molar-refractivity contribution in [1.29, 1.82) is 0 Å². The first-order valence-corrected chi connectivity index (χ1v) is 4.73. The Morgan fingerprint density at radius 3 is 2.27 bits per heavy atom. The SMILES string of the molecule is C=CC(=O)OC.CCCNC(=O)OCC. The van der Waals surface area contributed by atoms with Crippen LogP contribution in [0.5, 0.6) is 0 Å². The van der Waals surface area contributed by atoms with Crippen molar-refractivity contribution in [2.75, 3.05) is 20.3 Å². The lowest BCUT2D eigenvalue weighted by Gasteiger charge is -2.01. The highest BCUT2D eigenvalue weighted by molar-refractivity contribution is 5.80. The molecule has 0 heterocycles. The van der Waals surface area contributed by atoms with Crippen LogP contribution in [0.15, 0.2) is 12.7 Å². The third-order valence-electron chi connectivity index (χ3n) is 1.16. The zero-order valence-electron chi connectivity index (χ0n) is 9.54. The largest absolute Gasteiger partial charge is 0.466 e. The molecule has 0 saturated carbocycles. The van der Waals surface area contributed by atoms with Crippen LogP contribution >= 0.6 is 0 Å². The van der Waals surface area contributed by atoms with Crippen LogP contribution in [0.1, 0.15) is 20.3 Å². The average Bonchev–Trinajstić information content (AvgIpc) is 2.26. The van der Waals surface area contributed by atoms with E-state index in [0.717, 1.165) is 12.5 Å². The van der Waals surface area contributed by atoms with Gasteiger partial charge in [-0.2, -0.15) is 0 Å². The Morgan fingerprint density at radius 1 is 1.40 bits per heavy atom. The minimum atomic E-state index is -0.394. The van der Waals surface area contributed by atoms with Gasteiger partial charge in [0.15, 0.2) is 0 Å². The molecule has 5 nitrogen and oxygen atoms in total. The van der Waals surface area contributed by atoms with Crippen LogP contribution in [0.2, 0.25) is 0 Å². The van der Waals surface area contributed by atoms with E-state index in [4.69, 9.17) is 0 Å². The van der Waals surface area contributed by atoms with Gasteiger partial charge in [-0.05, 0) is 13.3 Å². The number of nitrogens with one attached hydrogen (secondary N) is 1. The van der Waals surface area contributed by atoms with Crippen LogP contribution in [-0.2, 0) is 14.3 Å². The van der Waals surface area contributed by atoms with Gasteiger partial charge in [0.25, 0.3) is 0 Å². The summed E-state index contributed by atoms with van der Waals surface area (Å²) in [5, 5.41) is 2.57. The Kier molecular flexibility index (Phi) is 13.3. The highest BCUT2D eigenvalue weighted by atomic mass is 16.5. The first-order valence-electron chi connectivity index (χ1n) is 4.73. The summed E-state index contributed by atoms with van der Waals surface area (Å²) in [6.07, 6.45) is 1.73. The number of amides is 1. The summed E-state index contributed by atoms with van der Waals surface area (Å²) in [5.74, 6) is -0.394. The van der Waals surface area contributed by atoms with Crippen molar-refractivity contribution in [3.8, 4) is 0 Å². The Balaban J connectivity index is 0. The lowest BCUT2D eigenvalue weighted by atomic mass is 10.5. The predicted octanol–water partition coefficient (Wildman–Crippen LogP) is 1.49. The van der Waals surface area contributed by atoms with Crippen LogP contribution in [0.25, 0.3) is 0 Å². The van der Waals surface area contributed by atoms with E-state index in [9.17, 15) is 9.59 Å². The topological polar surface area (TPSA) is 64.6 Å². The van der Waals surface area contributed by atoms with Gasteiger partial charge in [-0.1, -0.05) is 13.5 Å². The normalized spacial score (nSPS) is 7.93. The van der Waals surface area contributed by atoms with E-state index >= 15 is 0 Å². The highest BCUT2D eigenvalue weighted by Crippen LogP contribution is 1.76. The third-order valence-corrected chi connectivity index (χ3v) is 1.16. The number of esters is 1. The molecule has 1 N–H and O–H groups in total. The molecule has 0 radical (unpaired) electrons. The van der Waals surface area contributed by atoms with Crippen LogP contribution in [-0.4, -0.2) is 32.3 Å². The van der Waals surface area contributed by atoms with E-state index in [1.165, 1.54) is 7.11 Å². The summed E-state index contributed by atoms with van der Waals surface area (Å²) in [6, 6.07) is 0. The summed E-state index contributed by atoms with van der Waals surface area (Å²) in [5.41, 5.74) is 0. The van der Waals surface area contributed by atoms with E-state index in [-0.39, 0.29) is 6.09 Å². The molecule has 0 rings (SSSR count). The van der Waals surface area contributed by atoms with Crippen molar-refractivity contribution in [2.24, 2.45) is 0 Å². The van der Waals surface area contributed by atoms with Crippen molar-refractivity contribution in [2.45, 2.75) is 20.3 Å². The second-order valence-corrected chi connectivity index (χ2v) is 2.37.